The number of carbonyl (C=O) groups is 1. The molecule has 1 rings (SSSR count). The Morgan fingerprint density at radius 3 is 2.76 bits per heavy atom. The summed E-state index contributed by atoms with van der Waals surface area (Å²) in [7, 11) is 0. The van der Waals surface area contributed by atoms with Crippen molar-refractivity contribution in [1.29, 1.82) is 0 Å². The van der Waals surface area contributed by atoms with Gasteiger partial charge in [0.2, 0.25) is 5.91 Å². The monoisotopic (exact) mass is 244 g/mol. The van der Waals surface area contributed by atoms with Crippen LogP contribution >= 0.6 is 0 Å². The quantitative estimate of drug-likeness (QED) is 0.616. The number of ether oxygens (including phenoxy) is 1. The van der Waals surface area contributed by atoms with Gasteiger partial charge in [-0.2, -0.15) is 0 Å². The van der Waals surface area contributed by atoms with E-state index in [0.717, 1.165) is 25.9 Å². The smallest absolute Gasteiger partial charge is 0.246 e. The first-order valence-corrected chi connectivity index (χ1v) is 6.35. The summed E-state index contributed by atoms with van der Waals surface area (Å²) in [4.78, 5) is 11.5. The average Bonchev–Trinajstić information content (AvgIpc) is 2.35. The molecule has 1 amide bonds. The second kappa shape index (κ2) is 6.93. The molecule has 5 nitrogen and oxygen atoms in total. The minimum Gasteiger partial charge on any atom is -0.388 e. The molecule has 1 aliphatic heterocycles. The lowest BCUT2D eigenvalue weighted by Gasteiger charge is -2.24. The van der Waals surface area contributed by atoms with Gasteiger partial charge in [0.05, 0.1) is 11.7 Å². The summed E-state index contributed by atoms with van der Waals surface area (Å²) in [5.74, 6) is -0.155. The number of piperidine rings is 1. The number of amides is 1. The molecule has 0 radical (unpaired) electrons. The second-order valence-corrected chi connectivity index (χ2v) is 4.89. The normalized spacial score (nSPS) is 20.9. The topological polar surface area (TPSA) is 70.6 Å². The van der Waals surface area contributed by atoms with Crippen LogP contribution in [0.4, 0.5) is 0 Å². The Morgan fingerprint density at radius 2 is 2.18 bits per heavy atom. The van der Waals surface area contributed by atoms with Crippen molar-refractivity contribution in [2.24, 2.45) is 0 Å². The molecule has 1 fully saturated rings. The highest BCUT2D eigenvalue weighted by Gasteiger charge is 2.19. The molecule has 1 atom stereocenters. The number of rotatable bonds is 6. The van der Waals surface area contributed by atoms with Gasteiger partial charge in [0.1, 0.15) is 6.61 Å². The molecule has 1 saturated heterocycles. The van der Waals surface area contributed by atoms with Gasteiger partial charge in [-0.25, -0.2) is 0 Å². The highest BCUT2D eigenvalue weighted by molar-refractivity contribution is 5.77. The van der Waals surface area contributed by atoms with Crippen molar-refractivity contribution in [2.45, 2.75) is 44.8 Å². The van der Waals surface area contributed by atoms with E-state index in [2.05, 4.69) is 10.6 Å². The minimum atomic E-state index is -0.829. The molecule has 5 heteroatoms. The molecule has 17 heavy (non-hydrogen) atoms. The fraction of sp³-hybridized carbons (Fsp3) is 0.917. The van der Waals surface area contributed by atoms with Gasteiger partial charge in [-0.15, -0.1) is 0 Å². The summed E-state index contributed by atoms with van der Waals surface area (Å²) in [6.07, 6.45) is 2.72. The molecular weight excluding hydrogens is 220 g/mol. The van der Waals surface area contributed by atoms with Crippen LogP contribution in [0, 0.1) is 0 Å². The molecule has 100 valence electrons. The van der Waals surface area contributed by atoms with Crippen molar-refractivity contribution >= 4 is 5.91 Å². The molecule has 0 aromatic heterocycles. The van der Waals surface area contributed by atoms with Gasteiger partial charge in [0.25, 0.3) is 0 Å². The fourth-order valence-electron chi connectivity index (χ4n) is 1.62. The number of hydrogen-bond acceptors (Lipinski definition) is 4. The molecular formula is C12H24N2O3. The third kappa shape index (κ3) is 6.00. The van der Waals surface area contributed by atoms with Crippen molar-refractivity contribution < 1.29 is 14.6 Å². The van der Waals surface area contributed by atoms with Gasteiger partial charge < -0.3 is 20.5 Å². The maximum absolute atomic E-state index is 11.5. The molecule has 0 bridgehead atoms. The molecule has 0 spiro atoms. The van der Waals surface area contributed by atoms with Crippen molar-refractivity contribution in [1.82, 2.24) is 10.6 Å². The van der Waals surface area contributed by atoms with Crippen LogP contribution in [0.25, 0.3) is 0 Å². The highest BCUT2D eigenvalue weighted by atomic mass is 16.5. The van der Waals surface area contributed by atoms with Gasteiger partial charge in [-0.1, -0.05) is 6.92 Å². The van der Waals surface area contributed by atoms with Crippen LogP contribution in [-0.4, -0.2) is 49.0 Å². The van der Waals surface area contributed by atoms with Crippen LogP contribution in [0.15, 0.2) is 0 Å². The van der Waals surface area contributed by atoms with Crippen molar-refractivity contribution in [2.75, 3.05) is 26.2 Å². The summed E-state index contributed by atoms with van der Waals surface area (Å²) >= 11 is 0. The van der Waals surface area contributed by atoms with Crippen LogP contribution in [0.1, 0.15) is 33.1 Å². The van der Waals surface area contributed by atoms with E-state index in [1.807, 2.05) is 6.92 Å². The Morgan fingerprint density at radius 1 is 1.53 bits per heavy atom. The van der Waals surface area contributed by atoms with Crippen LogP contribution in [0.5, 0.6) is 0 Å². The van der Waals surface area contributed by atoms with Crippen LogP contribution in [0.3, 0.4) is 0 Å². The summed E-state index contributed by atoms with van der Waals surface area (Å²) in [6.45, 7) is 5.87. The summed E-state index contributed by atoms with van der Waals surface area (Å²) < 4.78 is 5.51. The van der Waals surface area contributed by atoms with Crippen molar-refractivity contribution in [3.63, 3.8) is 0 Å². The Hall–Kier alpha value is -0.650. The first kappa shape index (κ1) is 14.4. The third-order valence-electron chi connectivity index (χ3n) is 3.16. The molecule has 0 aliphatic carbocycles. The predicted octanol–water partition coefficient (Wildman–Crippen LogP) is 0.0322. The number of hydrogen-bond donors (Lipinski definition) is 3. The second-order valence-electron chi connectivity index (χ2n) is 4.89. The van der Waals surface area contributed by atoms with Crippen molar-refractivity contribution in [3.8, 4) is 0 Å². The zero-order valence-corrected chi connectivity index (χ0v) is 10.8. The predicted molar refractivity (Wildman–Crippen MR) is 65.8 cm³/mol. The van der Waals surface area contributed by atoms with E-state index in [1.165, 1.54) is 0 Å². The zero-order chi connectivity index (χ0) is 12.7. The van der Waals surface area contributed by atoms with Gasteiger partial charge in [0.15, 0.2) is 0 Å². The number of nitrogens with one attached hydrogen (secondary N) is 2. The number of carbonyl (C=O) groups excluding carboxylic acids is 1. The Labute approximate surface area is 103 Å². The highest BCUT2D eigenvalue weighted by Crippen LogP contribution is 2.07. The standard InChI is InChI=1S/C12H24N2O3/c1-3-12(2,16)9-14-11(15)8-17-10-4-6-13-7-5-10/h10,13,16H,3-9H2,1-2H3,(H,14,15). The third-order valence-corrected chi connectivity index (χ3v) is 3.16. The Bertz CT molecular complexity index is 238. The van der Waals surface area contributed by atoms with Gasteiger partial charge in [-0.05, 0) is 39.3 Å². The molecule has 0 saturated carbocycles. The summed E-state index contributed by atoms with van der Waals surface area (Å²) in [5.41, 5.74) is -0.829. The maximum atomic E-state index is 11.5. The van der Waals surface area contributed by atoms with Crippen molar-refractivity contribution in [3.05, 3.63) is 0 Å². The molecule has 1 aliphatic rings. The SMILES string of the molecule is CCC(C)(O)CNC(=O)COC1CCNCC1. The molecule has 0 aromatic carbocycles. The lowest BCUT2D eigenvalue weighted by Crippen LogP contribution is -2.42. The van der Waals surface area contributed by atoms with Crippen LogP contribution in [-0.2, 0) is 9.53 Å². The van der Waals surface area contributed by atoms with E-state index >= 15 is 0 Å². The van der Waals surface area contributed by atoms with Crippen LogP contribution in [0.2, 0.25) is 0 Å². The Balaban J connectivity index is 2.12. The molecule has 0 aromatic rings. The molecule has 1 unspecified atom stereocenters. The van der Waals surface area contributed by atoms with E-state index < -0.39 is 5.60 Å². The first-order chi connectivity index (χ1) is 8.03. The van der Waals surface area contributed by atoms with Gasteiger partial charge >= 0.3 is 0 Å². The fourth-order valence-corrected chi connectivity index (χ4v) is 1.62. The first-order valence-electron chi connectivity index (χ1n) is 6.35. The van der Waals surface area contributed by atoms with Gasteiger partial charge in [-0.3, -0.25) is 4.79 Å². The lowest BCUT2D eigenvalue weighted by atomic mass is 10.0. The number of aliphatic hydroxyl groups is 1. The average molecular weight is 244 g/mol. The zero-order valence-electron chi connectivity index (χ0n) is 10.8. The van der Waals surface area contributed by atoms with E-state index in [0.29, 0.717) is 6.42 Å². The van der Waals surface area contributed by atoms with E-state index in [4.69, 9.17) is 4.74 Å². The molecule has 1 heterocycles. The summed E-state index contributed by atoms with van der Waals surface area (Å²) in [5, 5.41) is 15.7. The minimum absolute atomic E-state index is 0.0878. The molecule has 3 N–H and O–H groups in total. The van der Waals surface area contributed by atoms with E-state index in [-0.39, 0.29) is 25.2 Å². The Kier molecular flexibility index (Phi) is 5.88. The largest absolute Gasteiger partial charge is 0.388 e. The van der Waals surface area contributed by atoms with E-state index in [1.54, 1.807) is 6.92 Å². The maximum Gasteiger partial charge on any atom is 0.246 e. The van der Waals surface area contributed by atoms with Crippen LogP contribution < -0.4 is 10.6 Å². The van der Waals surface area contributed by atoms with E-state index in [9.17, 15) is 9.90 Å². The van der Waals surface area contributed by atoms with Gasteiger partial charge in [0, 0.05) is 6.54 Å². The lowest BCUT2D eigenvalue weighted by molar-refractivity contribution is -0.129. The summed E-state index contributed by atoms with van der Waals surface area (Å²) in [6, 6.07) is 0.